The Morgan fingerprint density at radius 2 is 1.95 bits per heavy atom. The van der Waals surface area contributed by atoms with Gasteiger partial charge in [0.1, 0.15) is 5.75 Å². The molecule has 0 radical (unpaired) electrons. The lowest BCUT2D eigenvalue weighted by molar-refractivity contribution is 0.103. The van der Waals surface area contributed by atoms with Gasteiger partial charge in [0.2, 0.25) is 0 Å². The van der Waals surface area contributed by atoms with E-state index in [1.807, 2.05) is 0 Å². The van der Waals surface area contributed by atoms with E-state index >= 15 is 0 Å². The molecule has 0 amide bonds. The Kier molecular flexibility index (Phi) is 3.49. The number of carbonyl (C=O) groups is 1. The number of ketones is 1. The maximum atomic E-state index is 12.5. The van der Waals surface area contributed by atoms with Crippen LogP contribution in [0.5, 0.6) is 5.75 Å². The second kappa shape index (κ2) is 4.94. The number of phenolic OH excluding ortho intramolecular Hbond substituents is 1. The van der Waals surface area contributed by atoms with E-state index in [4.69, 9.17) is 17.3 Å². The minimum Gasteiger partial charge on any atom is -0.507 e. The Hall–Kier alpha value is -2.00. The molecule has 0 bridgehead atoms. The third kappa shape index (κ3) is 2.42. The molecule has 0 aliphatic heterocycles. The number of nitrogen functional groups attached to an aromatic ring is 1. The maximum Gasteiger partial charge on any atom is 0.197 e. The number of anilines is 1. The summed E-state index contributed by atoms with van der Waals surface area (Å²) in [7, 11) is 0. The average molecular weight is 276 g/mol. The van der Waals surface area contributed by atoms with Crippen molar-refractivity contribution in [3.8, 4) is 5.75 Å². The second-order valence-corrected chi connectivity index (χ2v) is 4.89. The standard InChI is InChI=1S/C15H14ClNO2/c1-8-6-12(16)9(2)13(14(8)18)15(19)10-4-3-5-11(17)7-10/h3-7,18H,17H2,1-2H3. The van der Waals surface area contributed by atoms with E-state index < -0.39 is 0 Å². The summed E-state index contributed by atoms with van der Waals surface area (Å²) in [6, 6.07) is 8.28. The van der Waals surface area contributed by atoms with Crippen LogP contribution in [-0.4, -0.2) is 10.9 Å². The van der Waals surface area contributed by atoms with Gasteiger partial charge in [0.15, 0.2) is 5.78 Å². The summed E-state index contributed by atoms with van der Waals surface area (Å²) < 4.78 is 0. The Balaban J connectivity index is 2.62. The van der Waals surface area contributed by atoms with Crippen LogP contribution in [0.2, 0.25) is 5.02 Å². The number of nitrogens with two attached hydrogens (primary N) is 1. The summed E-state index contributed by atoms with van der Waals surface area (Å²) in [4.78, 5) is 12.5. The third-order valence-electron chi connectivity index (χ3n) is 3.06. The fourth-order valence-corrected chi connectivity index (χ4v) is 2.22. The second-order valence-electron chi connectivity index (χ2n) is 4.48. The van der Waals surface area contributed by atoms with Crippen molar-refractivity contribution in [1.82, 2.24) is 0 Å². The first-order valence-corrected chi connectivity index (χ1v) is 6.18. The van der Waals surface area contributed by atoms with Gasteiger partial charge in [0.05, 0.1) is 5.56 Å². The molecule has 0 aliphatic rings. The van der Waals surface area contributed by atoms with Crippen molar-refractivity contribution in [2.75, 3.05) is 5.73 Å². The van der Waals surface area contributed by atoms with E-state index in [0.717, 1.165) is 0 Å². The largest absolute Gasteiger partial charge is 0.507 e. The molecule has 3 nitrogen and oxygen atoms in total. The lowest BCUT2D eigenvalue weighted by atomic mass is 9.95. The zero-order chi connectivity index (χ0) is 14.2. The SMILES string of the molecule is Cc1cc(Cl)c(C)c(C(=O)c2cccc(N)c2)c1O. The molecule has 3 N–H and O–H groups in total. The highest BCUT2D eigenvalue weighted by molar-refractivity contribution is 6.32. The molecule has 2 aromatic rings. The van der Waals surface area contributed by atoms with Gasteiger partial charge in [-0.2, -0.15) is 0 Å². The Morgan fingerprint density at radius 3 is 2.58 bits per heavy atom. The van der Waals surface area contributed by atoms with E-state index in [-0.39, 0.29) is 17.1 Å². The number of hydrogen-bond acceptors (Lipinski definition) is 3. The van der Waals surface area contributed by atoms with Gasteiger partial charge in [-0.1, -0.05) is 23.7 Å². The van der Waals surface area contributed by atoms with E-state index in [0.29, 0.717) is 27.4 Å². The van der Waals surface area contributed by atoms with Gasteiger partial charge in [-0.3, -0.25) is 4.79 Å². The van der Waals surface area contributed by atoms with Crippen molar-refractivity contribution in [2.24, 2.45) is 0 Å². The summed E-state index contributed by atoms with van der Waals surface area (Å²) in [5.74, 6) is -0.317. The number of aryl methyl sites for hydroxylation is 1. The molecule has 2 rings (SSSR count). The summed E-state index contributed by atoms with van der Waals surface area (Å²) in [6.45, 7) is 3.41. The maximum absolute atomic E-state index is 12.5. The molecule has 0 fully saturated rings. The zero-order valence-electron chi connectivity index (χ0n) is 10.7. The molecule has 0 saturated heterocycles. The summed E-state index contributed by atoms with van der Waals surface area (Å²) >= 11 is 6.07. The van der Waals surface area contributed by atoms with Crippen LogP contribution in [0.25, 0.3) is 0 Å². The van der Waals surface area contributed by atoms with Gasteiger partial charge in [0.25, 0.3) is 0 Å². The molecular formula is C15H14ClNO2. The smallest absolute Gasteiger partial charge is 0.197 e. The fraction of sp³-hybridized carbons (Fsp3) is 0.133. The minimum atomic E-state index is -0.284. The van der Waals surface area contributed by atoms with Crippen molar-refractivity contribution in [2.45, 2.75) is 13.8 Å². The predicted molar refractivity (Wildman–Crippen MR) is 76.9 cm³/mol. The van der Waals surface area contributed by atoms with Gasteiger partial charge in [-0.15, -0.1) is 0 Å². The van der Waals surface area contributed by atoms with Crippen molar-refractivity contribution < 1.29 is 9.90 Å². The molecule has 0 unspecified atom stereocenters. The number of halogens is 1. The highest BCUT2D eigenvalue weighted by Gasteiger charge is 2.20. The highest BCUT2D eigenvalue weighted by atomic mass is 35.5. The number of rotatable bonds is 2. The fourth-order valence-electron chi connectivity index (χ4n) is 1.96. The van der Waals surface area contributed by atoms with Crippen LogP contribution >= 0.6 is 11.6 Å². The van der Waals surface area contributed by atoms with Crippen LogP contribution in [0.15, 0.2) is 30.3 Å². The predicted octanol–water partition coefficient (Wildman–Crippen LogP) is 3.48. The molecule has 0 spiro atoms. The van der Waals surface area contributed by atoms with Crippen molar-refractivity contribution in [1.29, 1.82) is 0 Å². The average Bonchev–Trinajstić information content (AvgIpc) is 2.36. The van der Waals surface area contributed by atoms with Crippen LogP contribution < -0.4 is 5.73 Å². The Bertz CT molecular complexity index is 639. The van der Waals surface area contributed by atoms with Gasteiger partial charge >= 0.3 is 0 Å². The number of benzene rings is 2. The third-order valence-corrected chi connectivity index (χ3v) is 3.46. The normalized spacial score (nSPS) is 10.5. The summed E-state index contributed by atoms with van der Waals surface area (Å²) in [5, 5.41) is 10.6. The summed E-state index contributed by atoms with van der Waals surface area (Å²) in [5.41, 5.74) is 7.97. The molecule has 2 aromatic carbocycles. The molecule has 0 heterocycles. The number of phenols is 1. The lowest BCUT2D eigenvalue weighted by Crippen LogP contribution is -2.06. The van der Waals surface area contributed by atoms with E-state index in [9.17, 15) is 9.90 Å². The van der Waals surface area contributed by atoms with E-state index in [2.05, 4.69) is 0 Å². The van der Waals surface area contributed by atoms with Crippen LogP contribution in [0.1, 0.15) is 27.0 Å². The van der Waals surface area contributed by atoms with Gasteiger partial charge in [-0.05, 0) is 43.2 Å². The Morgan fingerprint density at radius 1 is 1.26 bits per heavy atom. The first kappa shape index (κ1) is 13.4. The van der Waals surface area contributed by atoms with E-state index in [1.54, 1.807) is 44.2 Å². The number of aromatic hydroxyl groups is 1. The molecular weight excluding hydrogens is 262 g/mol. The van der Waals surface area contributed by atoms with Crippen LogP contribution in [0, 0.1) is 13.8 Å². The first-order valence-electron chi connectivity index (χ1n) is 5.80. The quantitative estimate of drug-likeness (QED) is 0.651. The molecule has 0 aromatic heterocycles. The van der Waals surface area contributed by atoms with Crippen molar-refractivity contribution >= 4 is 23.1 Å². The van der Waals surface area contributed by atoms with Gasteiger partial charge < -0.3 is 10.8 Å². The van der Waals surface area contributed by atoms with Gasteiger partial charge in [0, 0.05) is 16.3 Å². The molecule has 98 valence electrons. The first-order chi connectivity index (χ1) is 8.91. The molecule has 0 atom stereocenters. The molecule has 19 heavy (non-hydrogen) atoms. The monoisotopic (exact) mass is 275 g/mol. The molecule has 0 saturated carbocycles. The van der Waals surface area contributed by atoms with Crippen molar-refractivity contribution in [3.63, 3.8) is 0 Å². The molecule has 4 heteroatoms. The van der Waals surface area contributed by atoms with Crippen LogP contribution in [0.4, 0.5) is 5.69 Å². The minimum absolute atomic E-state index is 0.0330. The van der Waals surface area contributed by atoms with Crippen LogP contribution in [0.3, 0.4) is 0 Å². The topological polar surface area (TPSA) is 63.3 Å². The van der Waals surface area contributed by atoms with E-state index in [1.165, 1.54) is 0 Å². The lowest BCUT2D eigenvalue weighted by Gasteiger charge is -2.12. The highest BCUT2D eigenvalue weighted by Crippen LogP contribution is 2.32. The van der Waals surface area contributed by atoms with Crippen LogP contribution in [-0.2, 0) is 0 Å². The number of hydrogen-bond donors (Lipinski definition) is 2. The zero-order valence-corrected chi connectivity index (χ0v) is 11.5. The van der Waals surface area contributed by atoms with Gasteiger partial charge in [-0.25, -0.2) is 0 Å². The molecule has 0 aliphatic carbocycles. The van der Waals surface area contributed by atoms with Crippen molar-refractivity contribution in [3.05, 3.63) is 57.6 Å². The Labute approximate surface area is 116 Å². The summed E-state index contributed by atoms with van der Waals surface area (Å²) in [6.07, 6.45) is 0. The number of carbonyl (C=O) groups excluding carboxylic acids is 1.